The molecule has 23 heavy (non-hydrogen) atoms. The second-order valence-corrected chi connectivity index (χ2v) is 4.98. The Kier molecular flexibility index (Phi) is 9.88. The van der Waals surface area contributed by atoms with Gasteiger partial charge in [-0.1, -0.05) is 6.07 Å². The second kappa shape index (κ2) is 11.4. The van der Waals surface area contributed by atoms with Gasteiger partial charge in [-0.15, -0.1) is 24.0 Å². The Morgan fingerprint density at radius 1 is 1.35 bits per heavy atom. The lowest BCUT2D eigenvalue weighted by Gasteiger charge is -2.26. The number of nitrogens with zero attached hydrogens (tertiary/aromatic N) is 3. The normalized spacial score (nSPS) is 15.7. The van der Waals surface area contributed by atoms with Crippen molar-refractivity contribution in [3.63, 3.8) is 0 Å². The first-order valence-corrected chi connectivity index (χ1v) is 7.56. The average Bonchev–Trinajstić information content (AvgIpc) is 2.59. The first-order valence-electron chi connectivity index (χ1n) is 7.56. The Bertz CT molecular complexity index is 481. The zero-order chi connectivity index (χ0) is 15.6. The molecule has 1 aliphatic heterocycles. The Balaban J connectivity index is 0.00000264. The summed E-state index contributed by atoms with van der Waals surface area (Å²) in [4.78, 5) is 11.0. The summed E-state index contributed by atoms with van der Waals surface area (Å²) >= 11 is 0. The first kappa shape index (κ1) is 19.9. The number of aliphatic imine (C=N–C) groups is 1. The number of rotatable bonds is 6. The van der Waals surface area contributed by atoms with E-state index in [-0.39, 0.29) is 24.0 Å². The minimum Gasteiger partial charge on any atom is -0.481 e. The van der Waals surface area contributed by atoms with E-state index in [0.717, 1.165) is 51.0 Å². The molecule has 130 valence electrons. The van der Waals surface area contributed by atoms with E-state index in [9.17, 15) is 0 Å². The van der Waals surface area contributed by atoms with Crippen LogP contribution in [0.3, 0.4) is 0 Å². The van der Waals surface area contributed by atoms with Crippen LogP contribution in [-0.4, -0.2) is 69.4 Å². The van der Waals surface area contributed by atoms with Crippen LogP contribution < -0.4 is 15.4 Å². The smallest absolute Gasteiger partial charge is 0.213 e. The van der Waals surface area contributed by atoms with Gasteiger partial charge in [-0.3, -0.25) is 9.89 Å². The highest BCUT2D eigenvalue weighted by molar-refractivity contribution is 14.0. The van der Waals surface area contributed by atoms with Crippen molar-refractivity contribution >= 4 is 29.9 Å². The van der Waals surface area contributed by atoms with Crippen molar-refractivity contribution in [2.45, 2.75) is 6.54 Å². The number of methoxy groups -OCH3 is 1. The van der Waals surface area contributed by atoms with Gasteiger partial charge >= 0.3 is 0 Å². The van der Waals surface area contributed by atoms with E-state index < -0.39 is 0 Å². The zero-order valence-corrected chi connectivity index (χ0v) is 16.1. The third kappa shape index (κ3) is 7.32. The summed E-state index contributed by atoms with van der Waals surface area (Å²) in [6.07, 6.45) is 0. The summed E-state index contributed by atoms with van der Waals surface area (Å²) in [7, 11) is 3.38. The number of ether oxygens (including phenoxy) is 2. The molecule has 0 saturated carbocycles. The summed E-state index contributed by atoms with van der Waals surface area (Å²) in [6.45, 7) is 6.10. The van der Waals surface area contributed by atoms with Crippen LogP contribution in [0, 0.1) is 0 Å². The Labute approximate surface area is 154 Å². The molecule has 0 unspecified atom stereocenters. The summed E-state index contributed by atoms with van der Waals surface area (Å²) in [5, 5.41) is 6.57. The fourth-order valence-corrected chi connectivity index (χ4v) is 2.22. The molecule has 0 aromatic carbocycles. The lowest BCUT2D eigenvalue weighted by Crippen LogP contribution is -2.44. The SMILES string of the molecule is CN=C(NCCN1CCOCC1)NCc1cccc(OC)n1.I. The van der Waals surface area contributed by atoms with Crippen LogP contribution in [0.1, 0.15) is 5.69 Å². The van der Waals surface area contributed by atoms with Crippen LogP contribution in [0.4, 0.5) is 0 Å². The van der Waals surface area contributed by atoms with Crippen LogP contribution in [0.5, 0.6) is 5.88 Å². The summed E-state index contributed by atoms with van der Waals surface area (Å²) in [5.74, 6) is 1.40. The molecule has 0 amide bonds. The summed E-state index contributed by atoms with van der Waals surface area (Å²) in [6, 6.07) is 5.72. The highest BCUT2D eigenvalue weighted by atomic mass is 127. The van der Waals surface area contributed by atoms with Crippen LogP contribution >= 0.6 is 24.0 Å². The van der Waals surface area contributed by atoms with Crippen LogP contribution in [0.25, 0.3) is 0 Å². The molecule has 0 bridgehead atoms. The van der Waals surface area contributed by atoms with Gasteiger partial charge in [0, 0.05) is 39.3 Å². The number of morpholine rings is 1. The van der Waals surface area contributed by atoms with Crippen molar-refractivity contribution in [1.29, 1.82) is 0 Å². The quantitative estimate of drug-likeness (QED) is 0.390. The van der Waals surface area contributed by atoms with E-state index in [4.69, 9.17) is 9.47 Å². The molecule has 2 rings (SSSR count). The maximum absolute atomic E-state index is 5.34. The topological polar surface area (TPSA) is 71.0 Å². The maximum Gasteiger partial charge on any atom is 0.213 e. The standard InChI is InChI=1S/C15H25N5O2.HI/c1-16-15(17-6-7-20-8-10-22-11-9-20)18-12-13-4-3-5-14(19-13)21-2;/h3-5H,6-12H2,1-2H3,(H2,16,17,18);1H. The number of guanidine groups is 1. The minimum absolute atomic E-state index is 0. The third-order valence-electron chi connectivity index (χ3n) is 3.48. The van der Waals surface area contributed by atoms with E-state index in [0.29, 0.717) is 12.4 Å². The molecule has 1 aliphatic rings. The average molecular weight is 435 g/mol. The van der Waals surface area contributed by atoms with Crippen molar-refractivity contribution in [3.8, 4) is 5.88 Å². The van der Waals surface area contributed by atoms with Gasteiger partial charge in [0.15, 0.2) is 5.96 Å². The van der Waals surface area contributed by atoms with Crippen molar-refractivity contribution in [1.82, 2.24) is 20.5 Å². The van der Waals surface area contributed by atoms with Gasteiger partial charge < -0.3 is 20.1 Å². The van der Waals surface area contributed by atoms with E-state index in [1.165, 1.54) is 0 Å². The number of aromatic nitrogens is 1. The largest absolute Gasteiger partial charge is 0.481 e. The maximum atomic E-state index is 5.34. The summed E-state index contributed by atoms with van der Waals surface area (Å²) < 4.78 is 10.5. The Morgan fingerprint density at radius 3 is 2.83 bits per heavy atom. The molecular formula is C15H26IN5O2. The molecule has 0 spiro atoms. The van der Waals surface area contributed by atoms with Crippen molar-refractivity contribution in [2.75, 3.05) is 53.6 Å². The lowest BCUT2D eigenvalue weighted by molar-refractivity contribution is 0.0389. The molecule has 1 fully saturated rings. The molecule has 2 heterocycles. The predicted octanol–water partition coefficient (Wildman–Crippen LogP) is 0.705. The Morgan fingerprint density at radius 2 is 2.13 bits per heavy atom. The monoisotopic (exact) mass is 435 g/mol. The lowest BCUT2D eigenvalue weighted by atomic mass is 10.3. The van der Waals surface area contributed by atoms with E-state index in [1.807, 2.05) is 18.2 Å². The van der Waals surface area contributed by atoms with Gasteiger partial charge in [0.05, 0.1) is 32.6 Å². The van der Waals surface area contributed by atoms with Gasteiger partial charge in [0.2, 0.25) is 5.88 Å². The van der Waals surface area contributed by atoms with Crippen molar-refractivity contribution in [2.24, 2.45) is 4.99 Å². The third-order valence-corrected chi connectivity index (χ3v) is 3.48. The highest BCUT2D eigenvalue weighted by Gasteiger charge is 2.09. The molecular weight excluding hydrogens is 409 g/mol. The molecule has 1 aromatic rings. The van der Waals surface area contributed by atoms with Crippen LogP contribution in [0.15, 0.2) is 23.2 Å². The van der Waals surface area contributed by atoms with E-state index in [2.05, 4.69) is 25.5 Å². The van der Waals surface area contributed by atoms with Crippen molar-refractivity contribution in [3.05, 3.63) is 23.9 Å². The van der Waals surface area contributed by atoms with Gasteiger partial charge in [0.1, 0.15) is 0 Å². The van der Waals surface area contributed by atoms with Gasteiger partial charge in [0.25, 0.3) is 0 Å². The molecule has 1 saturated heterocycles. The molecule has 8 heteroatoms. The second-order valence-electron chi connectivity index (χ2n) is 4.98. The van der Waals surface area contributed by atoms with Gasteiger partial charge in [-0.2, -0.15) is 0 Å². The van der Waals surface area contributed by atoms with Gasteiger partial charge in [-0.25, -0.2) is 4.98 Å². The van der Waals surface area contributed by atoms with E-state index in [1.54, 1.807) is 14.2 Å². The predicted molar refractivity (Wildman–Crippen MR) is 102 cm³/mol. The van der Waals surface area contributed by atoms with E-state index >= 15 is 0 Å². The number of pyridine rings is 1. The molecule has 0 radical (unpaired) electrons. The molecule has 2 N–H and O–H groups in total. The fourth-order valence-electron chi connectivity index (χ4n) is 2.22. The number of halogens is 1. The fraction of sp³-hybridized carbons (Fsp3) is 0.600. The summed E-state index contributed by atoms with van der Waals surface area (Å²) in [5.41, 5.74) is 0.912. The number of nitrogens with one attached hydrogen (secondary N) is 2. The highest BCUT2D eigenvalue weighted by Crippen LogP contribution is 2.05. The molecule has 0 aliphatic carbocycles. The zero-order valence-electron chi connectivity index (χ0n) is 13.7. The minimum atomic E-state index is 0. The number of hydrogen-bond acceptors (Lipinski definition) is 5. The molecule has 0 atom stereocenters. The van der Waals surface area contributed by atoms with Gasteiger partial charge in [-0.05, 0) is 6.07 Å². The number of hydrogen-bond donors (Lipinski definition) is 2. The first-order chi connectivity index (χ1) is 10.8. The van der Waals surface area contributed by atoms with Crippen molar-refractivity contribution < 1.29 is 9.47 Å². The van der Waals surface area contributed by atoms with Crippen LogP contribution in [-0.2, 0) is 11.3 Å². The molecule has 7 nitrogen and oxygen atoms in total. The Hall–Kier alpha value is -1.13. The van der Waals surface area contributed by atoms with Crippen LogP contribution in [0.2, 0.25) is 0 Å². The molecule has 1 aromatic heterocycles.